The van der Waals surface area contributed by atoms with Crippen molar-refractivity contribution >= 4 is 16.6 Å². The van der Waals surface area contributed by atoms with Crippen LogP contribution in [0.1, 0.15) is 36.6 Å². The molecule has 21 heavy (non-hydrogen) atoms. The Morgan fingerprint density at radius 1 is 1.29 bits per heavy atom. The van der Waals surface area contributed by atoms with Gasteiger partial charge in [0.2, 0.25) is 0 Å². The molecule has 1 heterocycles. The van der Waals surface area contributed by atoms with Crippen LogP contribution < -0.4 is 0 Å². The van der Waals surface area contributed by atoms with Crippen LogP contribution in [0.4, 0.5) is 0 Å². The van der Waals surface area contributed by atoms with Crippen LogP contribution in [0.5, 0.6) is 0 Å². The van der Waals surface area contributed by atoms with Gasteiger partial charge in [-0.3, -0.25) is 4.79 Å². The van der Waals surface area contributed by atoms with E-state index in [-0.39, 0.29) is 11.7 Å². The maximum absolute atomic E-state index is 11.3. The smallest absolute Gasteiger partial charge is 0.134 e. The minimum Gasteiger partial charge on any atom is -0.348 e. The summed E-state index contributed by atoms with van der Waals surface area (Å²) in [4.78, 5) is 18.6. The normalized spacial score (nSPS) is 12.5. The van der Waals surface area contributed by atoms with Gasteiger partial charge < -0.3 is 4.98 Å². The summed E-state index contributed by atoms with van der Waals surface area (Å²) >= 11 is 0. The first-order valence-electron chi connectivity index (χ1n) is 7.14. The lowest BCUT2D eigenvalue weighted by molar-refractivity contribution is -0.116. The van der Waals surface area contributed by atoms with Gasteiger partial charge in [-0.2, -0.15) is 0 Å². The lowest BCUT2D eigenvalue weighted by Gasteiger charge is -2.14. The molecule has 0 amide bonds. The molecule has 1 unspecified atom stereocenters. The second-order valence-corrected chi connectivity index (χ2v) is 5.51. The quantitative estimate of drug-likeness (QED) is 0.788. The van der Waals surface area contributed by atoms with Crippen LogP contribution in [0, 0.1) is 0 Å². The van der Waals surface area contributed by atoms with E-state index in [4.69, 9.17) is 0 Å². The number of carbonyl (C=O) groups is 1. The minimum atomic E-state index is 0.188. The largest absolute Gasteiger partial charge is 0.348 e. The lowest BCUT2D eigenvalue weighted by atomic mass is 9.91. The fraction of sp³-hybridized carbons (Fsp3) is 0.222. The van der Waals surface area contributed by atoms with E-state index in [1.165, 1.54) is 16.3 Å². The second kappa shape index (κ2) is 5.52. The van der Waals surface area contributed by atoms with E-state index in [2.05, 4.69) is 47.2 Å². The van der Waals surface area contributed by atoms with Crippen molar-refractivity contribution < 1.29 is 4.79 Å². The van der Waals surface area contributed by atoms with E-state index in [1.54, 1.807) is 13.3 Å². The zero-order chi connectivity index (χ0) is 14.8. The molecule has 2 aromatic carbocycles. The lowest BCUT2D eigenvalue weighted by Crippen LogP contribution is -1.99. The zero-order valence-electron chi connectivity index (χ0n) is 12.3. The average Bonchev–Trinajstić information content (AvgIpc) is 2.99. The van der Waals surface area contributed by atoms with Gasteiger partial charge in [-0.05, 0) is 28.8 Å². The fourth-order valence-corrected chi connectivity index (χ4v) is 2.79. The Bertz CT molecular complexity index is 775. The van der Waals surface area contributed by atoms with E-state index in [0.717, 1.165) is 11.3 Å². The maximum atomic E-state index is 11.3. The Labute approximate surface area is 124 Å². The van der Waals surface area contributed by atoms with Crippen molar-refractivity contribution in [3.05, 3.63) is 65.7 Å². The van der Waals surface area contributed by atoms with Crippen LogP contribution in [0.15, 0.2) is 48.9 Å². The molecular weight excluding hydrogens is 260 g/mol. The van der Waals surface area contributed by atoms with Crippen molar-refractivity contribution in [3.8, 4) is 0 Å². The number of ketones is 1. The first kappa shape index (κ1) is 13.6. The molecule has 106 valence electrons. The molecule has 0 radical (unpaired) electrons. The molecule has 0 saturated heterocycles. The molecule has 0 aliphatic heterocycles. The van der Waals surface area contributed by atoms with Gasteiger partial charge in [-0.1, -0.05) is 43.3 Å². The third-order valence-corrected chi connectivity index (χ3v) is 3.89. The molecule has 1 atom stereocenters. The SMILES string of the molecule is CC(=O)Cc1ccc2cccc(C(C)c3cnc[nH]3)c2c1. The minimum absolute atomic E-state index is 0.188. The number of H-pyrrole nitrogens is 1. The van der Waals surface area contributed by atoms with Crippen molar-refractivity contribution in [1.29, 1.82) is 0 Å². The average molecular weight is 278 g/mol. The molecule has 0 aliphatic carbocycles. The number of Topliss-reactive ketones (excluding diaryl/α,β-unsaturated/α-hetero) is 1. The number of aromatic amines is 1. The van der Waals surface area contributed by atoms with Gasteiger partial charge in [0.15, 0.2) is 0 Å². The van der Waals surface area contributed by atoms with Crippen LogP contribution in [0.2, 0.25) is 0 Å². The summed E-state index contributed by atoms with van der Waals surface area (Å²) in [6.45, 7) is 3.79. The number of hydrogen-bond acceptors (Lipinski definition) is 2. The van der Waals surface area contributed by atoms with Crippen LogP contribution in [0.3, 0.4) is 0 Å². The van der Waals surface area contributed by atoms with Crippen molar-refractivity contribution in [2.45, 2.75) is 26.2 Å². The van der Waals surface area contributed by atoms with Crippen molar-refractivity contribution in [1.82, 2.24) is 9.97 Å². The Kier molecular flexibility index (Phi) is 3.57. The van der Waals surface area contributed by atoms with Crippen LogP contribution in [-0.4, -0.2) is 15.8 Å². The predicted octanol–water partition coefficient (Wildman–Crippen LogP) is 3.85. The summed E-state index contributed by atoms with van der Waals surface area (Å²) in [5, 5.41) is 2.41. The standard InChI is InChI=1S/C18H18N2O/c1-12(21)8-14-6-7-15-4-3-5-16(17(15)9-14)13(2)18-10-19-11-20-18/h3-7,9-11,13H,8H2,1-2H3,(H,19,20). The van der Waals surface area contributed by atoms with Gasteiger partial charge in [0.25, 0.3) is 0 Å². The Morgan fingerprint density at radius 2 is 2.14 bits per heavy atom. The predicted molar refractivity (Wildman–Crippen MR) is 84.4 cm³/mol. The van der Waals surface area contributed by atoms with Crippen molar-refractivity contribution in [2.75, 3.05) is 0 Å². The number of carbonyl (C=O) groups excluding carboxylic acids is 1. The van der Waals surface area contributed by atoms with Gasteiger partial charge in [0, 0.05) is 24.2 Å². The highest BCUT2D eigenvalue weighted by Crippen LogP contribution is 2.30. The molecular formula is C18H18N2O. The van der Waals surface area contributed by atoms with E-state index >= 15 is 0 Å². The van der Waals surface area contributed by atoms with Crippen LogP contribution >= 0.6 is 0 Å². The highest BCUT2D eigenvalue weighted by molar-refractivity contribution is 5.88. The van der Waals surface area contributed by atoms with Crippen molar-refractivity contribution in [2.24, 2.45) is 0 Å². The highest BCUT2D eigenvalue weighted by atomic mass is 16.1. The van der Waals surface area contributed by atoms with E-state index in [9.17, 15) is 4.79 Å². The number of nitrogens with one attached hydrogen (secondary N) is 1. The first-order chi connectivity index (χ1) is 10.1. The summed E-state index contributed by atoms with van der Waals surface area (Å²) in [5.74, 6) is 0.428. The number of hydrogen-bond donors (Lipinski definition) is 1. The van der Waals surface area contributed by atoms with Crippen LogP contribution in [0.25, 0.3) is 10.8 Å². The number of rotatable bonds is 4. The second-order valence-electron chi connectivity index (χ2n) is 5.51. The Hall–Kier alpha value is -2.42. The van der Waals surface area contributed by atoms with Crippen LogP contribution in [-0.2, 0) is 11.2 Å². The van der Waals surface area contributed by atoms with Crippen molar-refractivity contribution in [3.63, 3.8) is 0 Å². The number of imidazole rings is 1. The Balaban J connectivity index is 2.11. The van der Waals surface area contributed by atoms with Gasteiger partial charge in [0.1, 0.15) is 5.78 Å². The summed E-state index contributed by atoms with van der Waals surface area (Å²) in [7, 11) is 0. The fourth-order valence-electron chi connectivity index (χ4n) is 2.79. The summed E-state index contributed by atoms with van der Waals surface area (Å²) in [5.41, 5.74) is 3.42. The number of aromatic nitrogens is 2. The molecule has 3 nitrogen and oxygen atoms in total. The molecule has 0 spiro atoms. The molecule has 3 rings (SSSR count). The topological polar surface area (TPSA) is 45.8 Å². The third kappa shape index (κ3) is 2.72. The van der Waals surface area contributed by atoms with Gasteiger partial charge in [-0.25, -0.2) is 4.98 Å². The van der Waals surface area contributed by atoms with Gasteiger partial charge in [-0.15, -0.1) is 0 Å². The first-order valence-corrected chi connectivity index (χ1v) is 7.14. The summed E-state index contributed by atoms with van der Waals surface area (Å²) in [6, 6.07) is 12.6. The molecule has 1 N–H and O–H groups in total. The monoisotopic (exact) mass is 278 g/mol. The number of fused-ring (bicyclic) bond motifs is 1. The zero-order valence-corrected chi connectivity index (χ0v) is 12.3. The van der Waals surface area contributed by atoms with E-state index in [1.807, 2.05) is 12.3 Å². The molecule has 0 saturated carbocycles. The molecule has 3 aromatic rings. The summed E-state index contributed by atoms with van der Waals surface area (Å²) in [6.07, 6.45) is 4.06. The molecule has 0 bridgehead atoms. The number of nitrogens with zero attached hydrogens (tertiary/aromatic N) is 1. The van der Waals surface area contributed by atoms with E-state index < -0.39 is 0 Å². The third-order valence-electron chi connectivity index (χ3n) is 3.89. The summed E-state index contributed by atoms with van der Waals surface area (Å²) < 4.78 is 0. The van der Waals surface area contributed by atoms with Gasteiger partial charge in [0.05, 0.1) is 6.33 Å². The maximum Gasteiger partial charge on any atom is 0.134 e. The highest BCUT2D eigenvalue weighted by Gasteiger charge is 2.13. The molecule has 1 aromatic heterocycles. The number of benzene rings is 2. The molecule has 0 aliphatic rings. The molecule has 0 fully saturated rings. The van der Waals surface area contributed by atoms with Gasteiger partial charge >= 0.3 is 0 Å². The molecule has 3 heteroatoms. The van der Waals surface area contributed by atoms with E-state index in [0.29, 0.717) is 6.42 Å². The Morgan fingerprint density at radius 3 is 2.86 bits per heavy atom.